The average molecular weight is 384 g/mol. The summed E-state index contributed by atoms with van der Waals surface area (Å²) in [5, 5.41) is 2.97. The molecule has 28 heavy (non-hydrogen) atoms. The molecule has 6 heteroatoms. The van der Waals surface area contributed by atoms with E-state index in [1.54, 1.807) is 13.4 Å². The molecule has 1 aliphatic rings. The summed E-state index contributed by atoms with van der Waals surface area (Å²) in [5.41, 5.74) is 1.08. The number of rotatable bonds is 10. The van der Waals surface area contributed by atoms with Crippen LogP contribution in [0.3, 0.4) is 0 Å². The van der Waals surface area contributed by atoms with Crippen LogP contribution in [0.5, 0.6) is 11.5 Å². The fourth-order valence-electron chi connectivity index (χ4n) is 3.47. The molecular weight excluding hydrogens is 356 g/mol. The number of ether oxygens (including phenoxy) is 2. The molecule has 0 spiro atoms. The Labute approximate surface area is 166 Å². The van der Waals surface area contributed by atoms with E-state index in [-0.39, 0.29) is 18.6 Å². The van der Waals surface area contributed by atoms with Crippen LogP contribution in [0.2, 0.25) is 0 Å². The molecule has 1 amide bonds. The highest BCUT2D eigenvalue weighted by molar-refractivity contribution is 5.77. The number of nitrogens with zero attached hydrogens (tertiary/aromatic N) is 1. The van der Waals surface area contributed by atoms with Crippen LogP contribution in [0.4, 0.5) is 0 Å². The topological polar surface area (TPSA) is 63.9 Å². The molecule has 1 saturated heterocycles. The molecule has 0 aliphatic carbocycles. The molecule has 1 atom stereocenters. The SMILES string of the molecule is C=CCc1ccc(OCC(=O)NCC(c2ccco2)N2CCCC2)c(OC)c1. The van der Waals surface area contributed by atoms with Crippen molar-refractivity contribution in [2.24, 2.45) is 0 Å². The Balaban J connectivity index is 1.54. The number of benzene rings is 1. The van der Waals surface area contributed by atoms with E-state index in [4.69, 9.17) is 13.9 Å². The molecular formula is C22H28N2O4. The van der Waals surface area contributed by atoms with Crippen LogP contribution in [-0.4, -0.2) is 44.2 Å². The zero-order valence-electron chi connectivity index (χ0n) is 16.4. The van der Waals surface area contributed by atoms with Gasteiger partial charge in [0.05, 0.1) is 19.4 Å². The van der Waals surface area contributed by atoms with Gasteiger partial charge in [0, 0.05) is 6.54 Å². The van der Waals surface area contributed by atoms with E-state index >= 15 is 0 Å². The molecule has 150 valence electrons. The van der Waals surface area contributed by atoms with Crippen LogP contribution >= 0.6 is 0 Å². The van der Waals surface area contributed by atoms with E-state index in [9.17, 15) is 4.79 Å². The largest absolute Gasteiger partial charge is 0.493 e. The van der Waals surface area contributed by atoms with Crippen molar-refractivity contribution in [2.75, 3.05) is 33.4 Å². The fourth-order valence-corrected chi connectivity index (χ4v) is 3.47. The van der Waals surface area contributed by atoms with Gasteiger partial charge in [-0.3, -0.25) is 9.69 Å². The van der Waals surface area contributed by atoms with Crippen LogP contribution < -0.4 is 14.8 Å². The first-order valence-electron chi connectivity index (χ1n) is 9.66. The van der Waals surface area contributed by atoms with Gasteiger partial charge in [0.1, 0.15) is 5.76 Å². The lowest BCUT2D eigenvalue weighted by atomic mass is 10.1. The zero-order valence-corrected chi connectivity index (χ0v) is 16.4. The Kier molecular flexibility index (Phi) is 7.14. The number of allylic oxidation sites excluding steroid dienone is 1. The normalized spacial score (nSPS) is 15.2. The van der Waals surface area contributed by atoms with E-state index in [1.807, 2.05) is 36.4 Å². The maximum absolute atomic E-state index is 12.3. The van der Waals surface area contributed by atoms with Gasteiger partial charge in [0.25, 0.3) is 5.91 Å². The summed E-state index contributed by atoms with van der Waals surface area (Å²) < 4.78 is 16.6. The minimum atomic E-state index is -0.173. The lowest BCUT2D eigenvalue weighted by Gasteiger charge is -2.26. The summed E-state index contributed by atoms with van der Waals surface area (Å²) in [4.78, 5) is 14.7. The Hall–Kier alpha value is -2.73. The second-order valence-electron chi connectivity index (χ2n) is 6.85. The molecule has 2 aromatic rings. The lowest BCUT2D eigenvalue weighted by Crippen LogP contribution is -2.38. The number of methoxy groups -OCH3 is 1. The van der Waals surface area contributed by atoms with E-state index in [0.717, 1.165) is 30.8 Å². The van der Waals surface area contributed by atoms with Gasteiger partial charge in [-0.2, -0.15) is 0 Å². The second kappa shape index (κ2) is 9.99. The summed E-state index contributed by atoms with van der Waals surface area (Å²) in [6.45, 7) is 6.20. The minimum Gasteiger partial charge on any atom is -0.493 e. The molecule has 0 bridgehead atoms. The number of likely N-dealkylation sites (tertiary alicyclic amines) is 1. The van der Waals surface area contributed by atoms with Crippen molar-refractivity contribution in [3.05, 3.63) is 60.6 Å². The van der Waals surface area contributed by atoms with Crippen molar-refractivity contribution in [2.45, 2.75) is 25.3 Å². The van der Waals surface area contributed by atoms with Crippen molar-refractivity contribution in [3.63, 3.8) is 0 Å². The van der Waals surface area contributed by atoms with Gasteiger partial charge in [0.15, 0.2) is 18.1 Å². The first-order chi connectivity index (χ1) is 13.7. The Morgan fingerprint density at radius 3 is 2.82 bits per heavy atom. The number of nitrogens with one attached hydrogen (secondary N) is 1. The molecule has 3 rings (SSSR count). The molecule has 0 radical (unpaired) electrons. The molecule has 0 saturated carbocycles. The third kappa shape index (κ3) is 5.16. The van der Waals surface area contributed by atoms with Gasteiger partial charge in [-0.15, -0.1) is 6.58 Å². The zero-order chi connectivity index (χ0) is 19.8. The molecule has 1 aromatic heterocycles. The lowest BCUT2D eigenvalue weighted by molar-refractivity contribution is -0.123. The average Bonchev–Trinajstić information content (AvgIpc) is 3.42. The van der Waals surface area contributed by atoms with Gasteiger partial charge in [0.2, 0.25) is 0 Å². The Bertz CT molecular complexity index is 767. The Morgan fingerprint density at radius 2 is 2.14 bits per heavy atom. The van der Waals surface area contributed by atoms with Crippen molar-refractivity contribution < 1.29 is 18.7 Å². The fraction of sp³-hybridized carbons (Fsp3) is 0.409. The number of carbonyl (C=O) groups is 1. The highest BCUT2D eigenvalue weighted by atomic mass is 16.5. The molecule has 1 fully saturated rings. The first kappa shape index (κ1) is 20.0. The highest BCUT2D eigenvalue weighted by Gasteiger charge is 2.26. The number of furan rings is 1. The van der Waals surface area contributed by atoms with Crippen molar-refractivity contribution in [1.82, 2.24) is 10.2 Å². The summed E-state index contributed by atoms with van der Waals surface area (Å²) in [6, 6.07) is 9.55. The van der Waals surface area contributed by atoms with Crippen molar-refractivity contribution in [3.8, 4) is 11.5 Å². The van der Waals surface area contributed by atoms with Crippen LogP contribution in [-0.2, 0) is 11.2 Å². The third-order valence-electron chi connectivity index (χ3n) is 4.91. The van der Waals surface area contributed by atoms with Crippen LogP contribution in [0.25, 0.3) is 0 Å². The van der Waals surface area contributed by atoms with E-state index < -0.39 is 0 Å². The van der Waals surface area contributed by atoms with Crippen molar-refractivity contribution in [1.29, 1.82) is 0 Å². The number of carbonyl (C=O) groups excluding carboxylic acids is 1. The molecule has 1 N–H and O–H groups in total. The van der Waals surface area contributed by atoms with E-state index in [1.165, 1.54) is 12.8 Å². The predicted molar refractivity (Wildman–Crippen MR) is 108 cm³/mol. The standard InChI is InChI=1S/C22H28N2O4/c1-3-7-17-9-10-20(21(14-17)26-2)28-16-22(25)23-15-18(19-8-6-13-27-19)24-11-4-5-12-24/h3,6,8-10,13-14,18H,1,4-5,7,11-12,15-16H2,2H3,(H,23,25). The van der Waals surface area contributed by atoms with Crippen molar-refractivity contribution >= 4 is 5.91 Å². The van der Waals surface area contributed by atoms with Gasteiger partial charge in [-0.25, -0.2) is 0 Å². The molecule has 2 heterocycles. The molecule has 6 nitrogen and oxygen atoms in total. The summed E-state index contributed by atoms with van der Waals surface area (Å²) in [5.74, 6) is 1.86. The summed E-state index contributed by atoms with van der Waals surface area (Å²) in [6.07, 6.45) is 6.61. The predicted octanol–water partition coefficient (Wildman–Crippen LogP) is 3.35. The van der Waals surface area contributed by atoms with Gasteiger partial charge < -0.3 is 19.2 Å². The second-order valence-corrected chi connectivity index (χ2v) is 6.85. The van der Waals surface area contributed by atoms with E-state index in [2.05, 4.69) is 16.8 Å². The number of hydrogen-bond donors (Lipinski definition) is 1. The first-order valence-corrected chi connectivity index (χ1v) is 9.66. The number of hydrogen-bond acceptors (Lipinski definition) is 5. The molecule has 1 unspecified atom stereocenters. The molecule has 1 aromatic carbocycles. The summed E-state index contributed by atoms with van der Waals surface area (Å²) in [7, 11) is 1.59. The quantitative estimate of drug-likeness (QED) is 0.637. The van der Waals surface area contributed by atoms with Gasteiger partial charge in [-0.1, -0.05) is 12.1 Å². The van der Waals surface area contributed by atoms with Gasteiger partial charge >= 0.3 is 0 Å². The monoisotopic (exact) mass is 384 g/mol. The number of amides is 1. The summed E-state index contributed by atoms with van der Waals surface area (Å²) >= 11 is 0. The maximum Gasteiger partial charge on any atom is 0.258 e. The van der Waals surface area contributed by atoms with Crippen LogP contribution in [0, 0.1) is 0 Å². The Morgan fingerprint density at radius 1 is 1.32 bits per heavy atom. The van der Waals surface area contributed by atoms with Gasteiger partial charge in [-0.05, 0) is 62.2 Å². The molecule has 1 aliphatic heterocycles. The smallest absolute Gasteiger partial charge is 0.258 e. The van der Waals surface area contributed by atoms with Crippen LogP contribution in [0.1, 0.15) is 30.2 Å². The van der Waals surface area contributed by atoms with Crippen LogP contribution in [0.15, 0.2) is 53.7 Å². The third-order valence-corrected chi connectivity index (χ3v) is 4.91. The minimum absolute atomic E-state index is 0.0502. The van der Waals surface area contributed by atoms with E-state index in [0.29, 0.717) is 18.0 Å². The highest BCUT2D eigenvalue weighted by Crippen LogP contribution is 2.28. The maximum atomic E-state index is 12.3.